The second-order valence-corrected chi connectivity index (χ2v) is 10.3. The van der Waals surface area contributed by atoms with E-state index >= 15 is 0 Å². The molecule has 4 rings (SSSR count). The SMILES string of the molecule is CCC(C)(C)NC(=O)[C@@H](c1ccccc1Cl)N(C(=O)Cn1nnc2ccccc21)c1ccc(NC(C)=O)cc1. The monoisotopic (exact) mass is 546 g/mol. The summed E-state index contributed by atoms with van der Waals surface area (Å²) < 4.78 is 1.51. The number of hydrogen-bond donors (Lipinski definition) is 2. The van der Waals surface area contributed by atoms with Crippen LogP contribution in [0.25, 0.3) is 11.0 Å². The van der Waals surface area contributed by atoms with Gasteiger partial charge in [0.25, 0.3) is 0 Å². The number of hydrogen-bond acceptors (Lipinski definition) is 5. The van der Waals surface area contributed by atoms with Crippen molar-refractivity contribution in [3.63, 3.8) is 0 Å². The van der Waals surface area contributed by atoms with E-state index in [9.17, 15) is 14.4 Å². The first-order valence-corrected chi connectivity index (χ1v) is 13.0. The lowest BCUT2D eigenvalue weighted by Gasteiger charge is -2.35. The van der Waals surface area contributed by atoms with Crippen LogP contribution in [0.1, 0.15) is 45.7 Å². The summed E-state index contributed by atoms with van der Waals surface area (Å²) in [6.07, 6.45) is 0.679. The molecule has 3 amide bonds. The minimum absolute atomic E-state index is 0.167. The highest BCUT2D eigenvalue weighted by Gasteiger charge is 2.36. The number of carbonyl (C=O) groups is 3. The molecule has 0 aliphatic carbocycles. The number of anilines is 2. The molecule has 10 heteroatoms. The normalized spacial score (nSPS) is 12.1. The molecule has 0 aliphatic rings. The molecular weight excluding hydrogens is 516 g/mol. The van der Waals surface area contributed by atoms with E-state index in [-0.39, 0.29) is 18.4 Å². The smallest absolute Gasteiger partial charge is 0.249 e. The molecule has 0 radical (unpaired) electrons. The quantitative estimate of drug-likeness (QED) is 0.303. The van der Waals surface area contributed by atoms with Gasteiger partial charge in [0, 0.05) is 34.4 Å². The summed E-state index contributed by atoms with van der Waals surface area (Å²) in [5, 5.41) is 14.5. The lowest BCUT2D eigenvalue weighted by atomic mass is 9.98. The van der Waals surface area contributed by atoms with Gasteiger partial charge in [-0.05, 0) is 62.7 Å². The molecule has 1 aromatic heterocycles. The van der Waals surface area contributed by atoms with Crippen LogP contribution in [-0.2, 0) is 20.9 Å². The first kappa shape index (κ1) is 27.8. The molecule has 9 nitrogen and oxygen atoms in total. The van der Waals surface area contributed by atoms with E-state index in [1.165, 1.54) is 16.5 Å². The average Bonchev–Trinajstić information content (AvgIpc) is 3.30. The van der Waals surface area contributed by atoms with Crippen molar-refractivity contribution < 1.29 is 14.4 Å². The van der Waals surface area contributed by atoms with Gasteiger partial charge in [0.05, 0.1) is 5.52 Å². The minimum atomic E-state index is -1.08. The number of benzene rings is 3. The van der Waals surface area contributed by atoms with Crippen LogP contribution in [-0.4, -0.2) is 38.3 Å². The molecule has 0 saturated heterocycles. The Balaban J connectivity index is 1.83. The standard InChI is InChI=1S/C29H31ClN6O3/c1-5-29(3,4)32-28(39)27(22-10-6-7-11-23(22)30)36(21-16-14-20(15-17-21)31-19(2)37)26(38)18-35-25-13-9-8-12-24(25)33-34-35/h6-17,27H,5,18H2,1-4H3,(H,31,37)(H,32,39)/t27-/m1/s1. The lowest BCUT2D eigenvalue weighted by Crippen LogP contribution is -2.51. The number of carbonyl (C=O) groups excluding carboxylic acids is 3. The number of para-hydroxylation sites is 1. The molecule has 0 spiro atoms. The van der Waals surface area contributed by atoms with Crippen molar-refractivity contribution >= 4 is 51.7 Å². The van der Waals surface area contributed by atoms with Gasteiger partial charge in [-0.15, -0.1) is 5.10 Å². The number of nitrogens with zero attached hydrogens (tertiary/aromatic N) is 4. The highest BCUT2D eigenvalue weighted by atomic mass is 35.5. The number of amides is 3. The Hall–Kier alpha value is -4.24. The second-order valence-electron chi connectivity index (χ2n) is 9.88. The van der Waals surface area contributed by atoms with E-state index in [0.29, 0.717) is 39.4 Å². The van der Waals surface area contributed by atoms with Crippen molar-refractivity contribution in [2.75, 3.05) is 10.2 Å². The predicted octanol–water partition coefficient (Wildman–Crippen LogP) is 5.12. The summed E-state index contributed by atoms with van der Waals surface area (Å²) in [6.45, 7) is 7.07. The zero-order valence-electron chi connectivity index (χ0n) is 22.3. The van der Waals surface area contributed by atoms with Crippen LogP contribution >= 0.6 is 11.6 Å². The third-order valence-electron chi connectivity index (χ3n) is 6.49. The van der Waals surface area contributed by atoms with Crippen LogP contribution in [0.5, 0.6) is 0 Å². The molecule has 0 fully saturated rings. The Labute approximate surface area is 232 Å². The van der Waals surface area contributed by atoms with Crippen LogP contribution in [0.4, 0.5) is 11.4 Å². The predicted molar refractivity (Wildman–Crippen MR) is 152 cm³/mol. The Morgan fingerprint density at radius 2 is 1.67 bits per heavy atom. The van der Waals surface area contributed by atoms with Crippen molar-refractivity contribution in [1.29, 1.82) is 0 Å². The fraction of sp³-hybridized carbons (Fsp3) is 0.276. The fourth-order valence-electron chi connectivity index (χ4n) is 4.17. The summed E-state index contributed by atoms with van der Waals surface area (Å²) in [4.78, 5) is 41.1. The molecule has 0 aliphatic heterocycles. The third kappa shape index (κ3) is 6.43. The number of fused-ring (bicyclic) bond motifs is 1. The Kier molecular flexibility index (Phi) is 8.30. The first-order chi connectivity index (χ1) is 18.6. The van der Waals surface area contributed by atoms with Gasteiger partial charge >= 0.3 is 0 Å². The molecule has 1 heterocycles. The van der Waals surface area contributed by atoms with E-state index in [4.69, 9.17) is 11.6 Å². The van der Waals surface area contributed by atoms with Gasteiger partial charge in [-0.1, -0.05) is 54.1 Å². The summed E-state index contributed by atoms with van der Waals surface area (Å²) in [6, 6.07) is 20.0. The second kappa shape index (κ2) is 11.7. The molecular formula is C29H31ClN6O3. The van der Waals surface area contributed by atoms with E-state index in [1.54, 1.807) is 48.5 Å². The zero-order chi connectivity index (χ0) is 28.2. The molecule has 2 N–H and O–H groups in total. The van der Waals surface area contributed by atoms with Crippen molar-refractivity contribution in [2.45, 2.75) is 52.2 Å². The fourth-order valence-corrected chi connectivity index (χ4v) is 4.41. The Bertz CT molecular complexity index is 1500. The van der Waals surface area contributed by atoms with Gasteiger partial charge in [0.1, 0.15) is 18.1 Å². The highest BCUT2D eigenvalue weighted by Crippen LogP contribution is 2.34. The Morgan fingerprint density at radius 1 is 1.00 bits per heavy atom. The molecule has 0 unspecified atom stereocenters. The minimum Gasteiger partial charge on any atom is -0.349 e. The van der Waals surface area contributed by atoms with E-state index in [0.717, 1.165) is 0 Å². The first-order valence-electron chi connectivity index (χ1n) is 12.6. The number of rotatable bonds is 9. The van der Waals surface area contributed by atoms with E-state index in [1.807, 2.05) is 45.0 Å². The molecule has 39 heavy (non-hydrogen) atoms. The summed E-state index contributed by atoms with van der Waals surface area (Å²) in [5.41, 5.74) is 2.31. The average molecular weight is 547 g/mol. The number of halogens is 1. The topological polar surface area (TPSA) is 109 Å². The molecule has 4 aromatic rings. The molecule has 0 saturated carbocycles. The summed E-state index contributed by atoms with van der Waals surface area (Å²) in [7, 11) is 0. The summed E-state index contributed by atoms with van der Waals surface area (Å²) in [5.74, 6) is -0.992. The summed E-state index contributed by atoms with van der Waals surface area (Å²) >= 11 is 6.61. The van der Waals surface area contributed by atoms with Crippen LogP contribution < -0.4 is 15.5 Å². The van der Waals surface area contributed by atoms with Crippen LogP contribution in [0, 0.1) is 0 Å². The maximum Gasteiger partial charge on any atom is 0.249 e. The van der Waals surface area contributed by atoms with Crippen molar-refractivity contribution in [3.8, 4) is 0 Å². The van der Waals surface area contributed by atoms with E-state index in [2.05, 4.69) is 20.9 Å². The van der Waals surface area contributed by atoms with Crippen LogP contribution in [0.15, 0.2) is 72.8 Å². The lowest BCUT2D eigenvalue weighted by molar-refractivity contribution is -0.128. The Morgan fingerprint density at radius 3 is 2.33 bits per heavy atom. The van der Waals surface area contributed by atoms with Crippen LogP contribution in [0.2, 0.25) is 5.02 Å². The zero-order valence-corrected chi connectivity index (χ0v) is 23.1. The van der Waals surface area contributed by atoms with Gasteiger partial charge in [0.2, 0.25) is 17.7 Å². The van der Waals surface area contributed by atoms with Crippen molar-refractivity contribution in [2.24, 2.45) is 0 Å². The maximum absolute atomic E-state index is 14.1. The largest absolute Gasteiger partial charge is 0.349 e. The van der Waals surface area contributed by atoms with Gasteiger partial charge in [-0.3, -0.25) is 19.3 Å². The maximum atomic E-state index is 14.1. The van der Waals surface area contributed by atoms with E-state index < -0.39 is 17.5 Å². The highest BCUT2D eigenvalue weighted by molar-refractivity contribution is 6.31. The molecule has 3 aromatic carbocycles. The molecule has 1 atom stereocenters. The van der Waals surface area contributed by atoms with Crippen molar-refractivity contribution in [3.05, 3.63) is 83.4 Å². The van der Waals surface area contributed by atoms with Gasteiger partial charge in [-0.25, -0.2) is 4.68 Å². The molecule has 0 bridgehead atoms. The number of nitrogens with one attached hydrogen (secondary N) is 2. The molecule has 202 valence electrons. The van der Waals surface area contributed by atoms with Gasteiger partial charge in [0.15, 0.2) is 0 Å². The van der Waals surface area contributed by atoms with Gasteiger partial charge < -0.3 is 10.6 Å². The third-order valence-corrected chi connectivity index (χ3v) is 6.84. The van der Waals surface area contributed by atoms with Crippen LogP contribution in [0.3, 0.4) is 0 Å². The van der Waals surface area contributed by atoms with Crippen molar-refractivity contribution in [1.82, 2.24) is 20.3 Å². The number of aromatic nitrogens is 3. The van der Waals surface area contributed by atoms with Gasteiger partial charge in [-0.2, -0.15) is 0 Å².